The van der Waals surface area contributed by atoms with Gasteiger partial charge >= 0.3 is 6.03 Å². The number of allylic oxidation sites excluding steroid dienone is 2. The Morgan fingerprint density at radius 2 is 2.03 bits per heavy atom. The zero-order chi connectivity index (χ0) is 27.1. The first-order valence-electron chi connectivity index (χ1n) is 12.4. The van der Waals surface area contributed by atoms with E-state index >= 15 is 0 Å². The third kappa shape index (κ3) is 4.41. The number of urea groups is 1. The number of hydrogen-bond donors (Lipinski definition) is 2. The van der Waals surface area contributed by atoms with Crippen LogP contribution in [0.3, 0.4) is 0 Å². The van der Waals surface area contributed by atoms with Crippen molar-refractivity contribution in [2.24, 2.45) is 0 Å². The molecule has 3 aromatic rings. The second kappa shape index (κ2) is 9.94. The Balaban J connectivity index is 1.52. The van der Waals surface area contributed by atoms with Crippen LogP contribution in [0.1, 0.15) is 48.8 Å². The molecule has 196 valence electrons. The van der Waals surface area contributed by atoms with Crippen molar-refractivity contribution >= 4 is 56.5 Å². The number of benzene rings is 1. The summed E-state index contributed by atoms with van der Waals surface area (Å²) in [4.78, 5) is 47.8. The highest BCUT2D eigenvalue weighted by molar-refractivity contribution is 7.21. The molecule has 38 heavy (non-hydrogen) atoms. The van der Waals surface area contributed by atoms with Gasteiger partial charge in [-0.1, -0.05) is 6.58 Å². The number of carbonyl (C=O) groups is 3. The van der Waals surface area contributed by atoms with Crippen LogP contribution < -0.4 is 20.3 Å². The smallest absolute Gasteiger partial charge is 0.331 e. The topological polar surface area (TPSA) is 104 Å². The molecule has 1 aromatic carbocycles. The van der Waals surface area contributed by atoms with Crippen LogP contribution in [0, 0.1) is 6.92 Å². The van der Waals surface area contributed by atoms with Gasteiger partial charge in [-0.25, -0.2) is 9.78 Å². The lowest BCUT2D eigenvalue weighted by Gasteiger charge is -2.30. The minimum atomic E-state index is -0.367. The predicted molar refractivity (Wildman–Crippen MR) is 149 cm³/mol. The van der Waals surface area contributed by atoms with Crippen molar-refractivity contribution in [2.45, 2.75) is 46.6 Å². The number of hydrogen-bond acceptors (Lipinski definition) is 6. The maximum atomic E-state index is 13.5. The van der Waals surface area contributed by atoms with E-state index < -0.39 is 0 Å². The summed E-state index contributed by atoms with van der Waals surface area (Å²) < 4.78 is 5.80. The van der Waals surface area contributed by atoms with Gasteiger partial charge in [0.25, 0.3) is 5.91 Å². The average Bonchev–Trinajstić information content (AvgIpc) is 3.25. The van der Waals surface area contributed by atoms with E-state index in [4.69, 9.17) is 4.74 Å². The maximum Gasteiger partial charge on any atom is 0.331 e. The monoisotopic (exact) mass is 531 g/mol. The largest absolute Gasteiger partial charge is 0.491 e. The molecule has 2 aliphatic heterocycles. The van der Waals surface area contributed by atoms with Crippen molar-refractivity contribution in [1.82, 2.24) is 15.2 Å². The fourth-order valence-corrected chi connectivity index (χ4v) is 5.88. The molecule has 2 aliphatic rings. The number of aromatic nitrogens is 1. The Hall–Kier alpha value is -4.18. The number of carbonyl (C=O) groups excluding carboxylic acids is 3. The van der Waals surface area contributed by atoms with Crippen molar-refractivity contribution in [3.63, 3.8) is 0 Å². The molecule has 0 fully saturated rings. The van der Waals surface area contributed by atoms with E-state index in [2.05, 4.69) is 22.2 Å². The summed E-state index contributed by atoms with van der Waals surface area (Å²) in [6.07, 6.45) is 4.31. The molecule has 0 unspecified atom stereocenters. The lowest BCUT2D eigenvalue weighted by Crippen LogP contribution is -2.37. The molecular formula is C28H29N5O4S. The molecule has 4 amide bonds. The molecule has 0 aliphatic carbocycles. The lowest BCUT2D eigenvalue weighted by molar-refractivity contribution is -0.124. The van der Waals surface area contributed by atoms with Gasteiger partial charge in [0.15, 0.2) is 0 Å². The van der Waals surface area contributed by atoms with Crippen LogP contribution in [-0.4, -0.2) is 40.4 Å². The number of nitrogens with one attached hydrogen (secondary N) is 2. The molecule has 0 saturated heterocycles. The molecule has 0 saturated carbocycles. The van der Waals surface area contributed by atoms with Crippen LogP contribution in [-0.2, 0) is 4.79 Å². The average molecular weight is 532 g/mol. The third-order valence-corrected chi connectivity index (χ3v) is 7.68. The quantitative estimate of drug-likeness (QED) is 0.389. The minimum absolute atomic E-state index is 0.0370. The summed E-state index contributed by atoms with van der Waals surface area (Å²) in [5, 5.41) is 6.62. The maximum absolute atomic E-state index is 13.5. The molecule has 0 atom stereocenters. The number of aryl methyl sites for hydroxylation is 1. The van der Waals surface area contributed by atoms with E-state index in [1.807, 2.05) is 45.9 Å². The summed E-state index contributed by atoms with van der Waals surface area (Å²) >= 11 is 1.22. The normalized spacial score (nSPS) is 15.1. The van der Waals surface area contributed by atoms with E-state index in [1.165, 1.54) is 17.4 Å². The number of amides is 4. The van der Waals surface area contributed by atoms with Crippen molar-refractivity contribution in [3.05, 3.63) is 65.0 Å². The molecule has 2 aromatic heterocycles. The summed E-state index contributed by atoms with van der Waals surface area (Å²) in [7, 11) is 0. The van der Waals surface area contributed by atoms with Gasteiger partial charge < -0.3 is 20.3 Å². The van der Waals surface area contributed by atoms with Crippen LogP contribution >= 0.6 is 11.3 Å². The zero-order valence-electron chi connectivity index (χ0n) is 21.8. The predicted octanol–water partition coefficient (Wildman–Crippen LogP) is 5.85. The highest BCUT2D eigenvalue weighted by atomic mass is 32.1. The van der Waals surface area contributed by atoms with Gasteiger partial charge in [0.05, 0.1) is 28.6 Å². The fourth-order valence-electron chi connectivity index (χ4n) is 4.87. The Morgan fingerprint density at radius 3 is 2.74 bits per heavy atom. The molecule has 9 nitrogen and oxygen atoms in total. The number of ether oxygens (including phenoxy) is 1. The molecule has 0 radical (unpaired) electrons. The second-order valence-electron chi connectivity index (χ2n) is 9.51. The molecule has 2 N–H and O–H groups in total. The molecular weight excluding hydrogens is 502 g/mol. The van der Waals surface area contributed by atoms with E-state index in [0.29, 0.717) is 56.5 Å². The van der Waals surface area contributed by atoms with Gasteiger partial charge in [-0.3, -0.25) is 14.5 Å². The molecule has 4 heterocycles. The highest BCUT2D eigenvalue weighted by Crippen LogP contribution is 2.46. The van der Waals surface area contributed by atoms with Gasteiger partial charge in [-0.2, -0.15) is 0 Å². The SMILES string of the molecule is C=CC(=O)N1CCCC(NC(=O)c2sc3nccc4c3c2NC(=O)N4c2ccc(OC(C)C)cc2C)=C1C. The van der Waals surface area contributed by atoms with Crippen LogP contribution in [0.15, 0.2) is 54.5 Å². The number of anilines is 3. The lowest BCUT2D eigenvalue weighted by atomic mass is 10.1. The van der Waals surface area contributed by atoms with Crippen LogP contribution in [0.4, 0.5) is 21.9 Å². The van der Waals surface area contributed by atoms with Crippen molar-refractivity contribution in [1.29, 1.82) is 0 Å². The first-order chi connectivity index (χ1) is 18.2. The molecule has 10 heteroatoms. The van der Waals surface area contributed by atoms with E-state index in [0.717, 1.165) is 17.7 Å². The number of pyridine rings is 1. The Labute approximate surface area is 224 Å². The zero-order valence-corrected chi connectivity index (χ0v) is 22.6. The number of nitrogens with zero attached hydrogens (tertiary/aromatic N) is 3. The van der Waals surface area contributed by atoms with Gasteiger partial charge in [-0.05, 0) is 76.4 Å². The third-order valence-electron chi connectivity index (χ3n) is 6.59. The van der Waals surface area contributed by atoms with Gasteiger partial charge in [0, 0.05) is 24.1 Å². The minimum Gasteiger partial charge on any atom is -0.491 e. The van der Waals surface area contributed by atoms with E-state index in [-0.39, 0.29) is 23.9 Å². The van der Waals surface area contributed by atoms with Crippen molar-refractivity contribution in [3.8, 4) is 5.75 Å². The van der Waals surface area contributed by atoms with Crippen LogP contribution in [0.5, 0.6) is 5.75 Å². The summed E-state index contributed by atoms with van der Waals surface area (Å²) in [5.41, 5.74) is 4.05. The summed E-state index contributed by atoms with van der Waals surface area (Å²) in [6, 6.07) is 7.02. The number of rotatable bonds is 6. The molecule has 5 rings (SSSR count). The van der Waals surface area contributed by atoms with Gasteiger partial charge in [0.1, 0.15) is 15.5 Å². The van der Waals surface area contributed by atoms with Gasteiger partial charge in [0.2, 0.25) is 5.91 Å². The standard InChI is InChI=1S/C28H29N5O4S/c1-6-22(34)32-13-7-8-19(17(32)5)30-26(35)25-24-23-21(11-12-29-27(23)38-25)33(28(36)31-24)20-10-9-18(14-16(20)4)37-15(2)3/h6,9-12,14-15H,1,7-8,13H2,2-5H3,(H,30,35)(H,31,36). The summed E-state index contributed by atoms with van der Waals surface area (Å²) in [5.74, 6) is 0.178. The van der Waals surface area contributed by atoms with Gasteiger partial charge in [-0.15, -0.1) is 11.3 Å². The highest BCUT2D eigenvalue weighted by Gasteiger charge is 2.34. The Kier molecular flexibility index (Phi) is 6.66. The first-order valence-corrected chi connectivity index (χ1v) is 13.3. The van der Waals surface area contributed by atoms with Crippen molar-refractivity contribution < 1.29 is 19.1 Å². The van der Waals surface area contributed by atoms with E-state index in [9.17, 15) is 14.4 Å². The fraction of sp³-hybridized carbons (Fsp3) is 0.286. The Morgan fingerprint density at radius 1 is 1.24 bits per heavy atom. The summed E-state index contributed by atoms with van der Waals surface area (Å²) in [6.45, 7) is 11.8. The number of thiophene rings is 1. The second-order valence-corrected chi connectivity index (χ2v) is 10.5. The van der Waals surface area contributed by atoms with E-state index in [1.54, 1.807) is 22.1 Å². The van der Waals surface area contributed by atoms with Crippen LogP contribution in [0.25, 0.3) is 10.2 Å². The first kappa shape index (κ1) is 25.5. The molecule has 0 bridgehead atoms. The van der Waals surface area contributed by atoms with Crippen molar-refractivity contribution in [2.75, 3.05) is 16.8 Å². The van der Waals surface area contributed by atoms with Crippen LogP contribution in [0.2, 0.25) is 0 Å². The Bertz CT molecular complexity index is 1520. The molecule has 0 spiro atoms.